The van der Waals surface area contributed by atoms with Gasteiger partial charge in [0, 0.05) is 27.7 Å². The summed E-state index contributed by atoms with van der Waals surface area (Å²) in [7, 11) is 0. The van der Waals surface area contributed by atoms with Crippen LogP contribution in [-0.4, -0.2) is 28.8 Å². The number of nitrogens with zero attached hydrogens (tertiary/aromatic N) is 1. The van der Waals surface area contributed by atoms with Crippen molar-refractivity contribution in [2.45, 2.75) is 52.2 Å². The Labute approximate surface area is 187 Å². The Morgan fingerprint density at radius 1 is 1.00 bits per heavy atom. The Morgan fingerprint density at radius 2 is 1.69 bits per heavy atom. The van der Waals surface area contributed by atoms with Crippen molar-refractivity contribution in [2.24, 2.45) is 0 Å². The minimum Gasteiger partial charge on any atom is -0.352 e. The average molecular weight is 456 g/mol. The van der Waals surface area contributed by atoms with Gasteiger partial charge in [-0.25, -0.2) is 0 Å². The van der Waals surface area contributed by atoms with Crippen LogP contribution >= 0.6 is 34.8 Å². The fourth-order valence-corrected chi connectivity index (χ4v) is 3.46. The van der Waals surface area contributed by atoms with E-state index in [-0.39, 0.29) is 30.8 Å². The molecule has 2 rings (SSSR count). The molecule has 0 fully saturated rings. The topological polar surface area (TPSA) is 49.4 Å². The molecule has 0 bridgehead atoms. The van der Waals surface area contributed by atoms with Crippen LogP contribution in [-0.2, 0) is 22.6 Å². The zero-order valence-corrected chi connectivity index (χ0v) is 19.0. The maximum atomic E-state index is 13.2. The predicted octanol–water partition coefficient (Wildman–Crippen LogP) is 5.52. The molecule has 0 aromatic heterocycles. The first kappa shape index (κ1) is 23.5. The summed E-state index contributed by atoms with van der Waals surface area (Å²) >= 11 is 18.5. The number of halogens is 3. The van der Waals surface area contributed by atoms with Crippen molar-refractivity contribution in [3.05, 3.63) is 68.7 Å². The van der Waals surface area contributed by atoms with E-state index in [0.29, 0.717) is 20.6 Å². The van der Waals surface area contributed by atoms with Crippen LogP contribution < -0.4 is 5.32 Å². The molecule has 0 aliphatic heterocycles. The molecule has 4 nitrogen and oxygen atoms in total. The number of hydrogen-bond donors (Lipinski definition) is 1. The molecule has 0 radical (unpaired) electrons. The summed E-state index contributed by atoms with van der Waals surface area (Å²) in [6, 6.07) is 11.6. The largest absolute Gasteiger partial charge is 0.352 e. The van der Waals surface area contributed by atoms with E-state index in [0.717, 1.165) is 12.0 Å². The number of hydrogen-bond acceptors (Lipinski definition) is 2. The van der Waals surface area contributed by atoms with Crippen LogP contribution in [0.5, 0.6) is 0 Å². The molecule has 0 saturated carbocycles. The van der Waals surface area contributed by atoms with Gasteiger partial charge < -0.3 is 10.2 Å². The van der Waals surface area contributed by atoms with Crippen molar-refractivity contribution in [2.75, 3.05) is 0 Å². The van der Waals surface area contributed by atoms with E-state index in [1.165, 1.54) is 4.90 Å². The number of carbonyl (C=O) groups excluding carboxylic acids is 2. The Morgan fingerprint density at radius 3 is 2.31 bits per heavy atom. The molecule has 2 aromatic rings. The molecule has 0 unspecified atom stereocenters. The fourth-order valence-electron chi connectivity index (χ4n) is 2.79. The molecule has 1 N–H and O–H groups in total. The molecule has 2 amide bonds. The molecular formula is C22H25Cl3N2O2. The zero-order chi connectivity index (χ0) is 21.6. The summed E-state index contributed by atoms with van der Waals surface area (Å²) in [6.07, 6.45) is 0.860. The minimum atomic E-state index is -0.668. The van der Waals surface area contributed by atoms with Crippen LogP contribution in [0.3, 0.4) is 0 Å². The molecule has 2 aromatic carbocycles. The van der Waals surface area contributed by atoms with Gasteiger partial charge in [-0.05, 0) is 49.6 Å². The van der Waals surface area contributed by atoms with Crippen LogP contribution in [0.4, 0.5) is 0 Å². The predicted molar refractivity (Wildman–Crippen MR) is 120 cm³/mol. The lowest BCUT2D eigenvalue weighted by Gasteiger charge is -2.30. The smallest absolute Gasteiger partial charge is 0.242 e. The van der Waals surface area contributed by atoms with Gasteiger partial charge >= 0.3 is 0 Å². The molecule has 0 saturated heterocycles. The fraction of sp³-hybridized carbons (Fsp3) is 0.364. The van der Waals surface area contributed by atoms with Gasteiger partial charge in [-0.1, -0.05) is 66.0 Å². The van der Waals surface area contributed by atoms with Crippen LogP contribution in [0.2, 0.25) is 15.1 Å². The standard InChI is InChI=1S/C22H25Cl3N2O2/c1-4-14(2)26-22(29)15(3)27(13-17-7-5-6-8-19(17)24)21(28)11-16-9-10-18(23)12-20(16)25/h5-10,12,14-15H,4,11,13H2,1-3H3,(H,26,29)/t14-,15+/m0/s1. The summed E-state index contributed by atoms with van der Waals surface area (Å²) < 4.78 is 0. The molecule has 29 heavy (non-hydrogen) atoms. The first-order chi connectivity index (χ1) is 13.7. The van der Waals surface area contributed by atoms with Crippen LogP contribution in [0.1, 0.15) is 38.3 Å². The summed E-state index contributed by atoms with van der Waals surface area (Å²) in [6.45, 7) is 5.86. The van der Waals surface area contributed by atoms with Gasteiger partial charge in [0.1, 0.15) is 6.04 Å². The lowest BCUT2D eigenvalue weighted by molar-refractivity contribution is -0.140. The first-order valence-corrected chi connectivity index (χ1v) is 10.6. The highest BCUT2D eigenvalue weighted by atomic mass is 35.5. The van der Waals surface area contributed by atoms with E-state index in [1.54, 1.807) is 31.2 Å². The van der Waals surface area contributed by atoms with Gasteiger partial charge in [-0.3, -0.25) is 9.59 Å². The third kappa shape index (κ3) is 6.63. The second-order valence-corrected chi connectivity index (χ2v) is 8.27. The summed E-state index contributed by atoms with van der Waals surface area (Å²) in [5.74, 6) is -0.428. The Kier molecular flexibility index (Phi) is 8.81. The normalized spacial score (nSPS) is 12.9. The maximum Gasteiger partial charge on any atom is 0.242 e. The summed E-state index contributed by atoms with van der Waals surface area (Å²) in [5.41, 5.74) is 1.42. The van der Waals surface area contributed by atoms with Gasteiger partial charge in [-0.15, -0.1) is 0 Å². The molecule has 7 heteroatoms. The molecule has 0 aliphatic rings. The second-order valence-electron chi connectivity index (χ2n) is 7.02. The highest BCUT2D eigenvalue weighted by Crippen LogP contribution is 2.24. The van der Waals surface area contributed by atoms with E-state index in [4.69, 9.17) is 34.8 Å². The Hall–Kier alpha value is -1.75. The number of nitrogens with one attached hydrogen (secondary N) is 1. The molecule has 0 aliphatic carbocycles. The van der Waals surface area contributed by atoms with E-state index in [1.807, 2.05) is 32.0 Å². The molecule has 2 atom stereocenters. The first-order valence-electron chi connectivity index (χ1n) is 9.50. The molecular weight excluding hydrogens is 431 g/mol. The molecule has 156 valence electrons. The number of carbonyl (C=O) groups is 2. The van der Waals surface area contributed by atoms with Crippen LogP contribution in [0.25, 0.3) is 0 Å². The lowest BCUT2D eigenvalue weighted by atomic mass is 10.1. The second kappa shape index (κ2) is 10.9. The monoisotopic (exact) mass is 454 g/mol. The van der Waals surface area contributed by atoms with E-state index < -0.39 is 6.04 Å². The van der Waals surface area contributed by atoms with E-state index >= 15 is 0 Å². The highest BCUT2D eigenvalue weighted by Gasteiger charge is 2.27. The highest BCUT2D eigenvalue weighted by molar-refractivity contribution is 6.35. The lowest BCUT2D eigenvalue weighted by Crippen LogP contribution is -2.50. The van der Waals surface area contributed by atoms with Crippen molar-refractivity contribution >= 4 is 46.6 Å². The van der Waals surface area contributed by atoms with Gasteiger partial charge in [-0.2, -0.15) is 0 Å². The Bertz CT molecular complexity index is 873. The molecule has 0 spiro atoms. The van der Waals surface area contributed by atoms with Crippen molar-refractivity contribution in [3.8, 4) is 0 Å². The van der Waals surface area contributed by atoms with Crippen LogP contribution in [0.15, 0.2) is 42.5 Å². The average Bonchev–Trinajstić information content (AvgIpc) is 2.68. The quantitative estimate of drug-likeness (QED) is 0.569. The van der Waals surface area contributed by atoms with E-state index in [2.05, 4.69) is 5.32 Å². The van der Waals surface area contributed by atoms with Gasteiger partial charge in [0.15, 0.2) is 0 Å². The van der Waals surface area contributed by atoms with Crippen molar-refractivity contribution in [1.29, 1.82) is 0 Å². The maximum absolute atomic E-state index is 13.2. The van der Waals surface area contributed by atoms with Gasteiger partial charge in [0.25, 0.3) is 0 Å². The minimum absolute atomic E-state index is 0.0212. The van der Waals surface area contributed by atoms with E-state index in [9.17, 15) is 9.59 Å². The van der Waals surface area contributed by atoms with Crippen molar-refractivity contribution in [1.82, 2.24) is 10.2 Å². The zero-order valence-electron chi connectivity index (χ0n) is 16.7. The summed E-state index contributed by atoms with van der Waals surface area (Å²) in [5, 5.41) is 4.40. The van der Waals surface area contributed by atoms with Gasteiger partial charge in [0.2, 0.25) is 11.8 Å². The van der Waals surface area contributed by atoms with Crippen molar-refractivity contribution < 1.29 is 9.59 Å². The SMILES string of the molecule is CC[C@H](C)NC(=O)[C@@H](C)N(Cc1ccccc1Cl)C(=O)Cc1ccc(Cl)cc1Cl. The number of rotatable bonds is 8. The summed E-state index contributed by atoms with van der Waals surface area (Å²) in [4.78, 5) is 27.4. The third-order valence-electron chi connectivity index (χ3n) is 4.82. The number of benzene rings is 2. The third-order valence-corrected chi connectivity index (χ3v) is 5.78. The van der Waals surface area contributed by atoms with Crippen molar-refractivity contribution in [3.63, 3.8) is 0 Å². The number of amides is 2. The molecule has 0 heterocycles. The van der Waals surface area contributed by atoms with Crippen LogP contribution in [0, 0.1) is 0 Å². The van der Waals surface area contributed by atoms with Gasteiger partial charge in [0.05, 0.1) is 6.42 Å². The Balaban J connectivity index is 2.28.